The maximum atomic E-state index is 13.2. The molecule has 0 aliphatic carbocycles. The van der Waals surface area contributed by atoms with E-state index in [9.17, 15) is 4.39 Å². The molecule has 4 nitrogen and oxygen atoms in total. The number of halogens is 2. The summed E-state index contributed by atoms with van der Waals surface area (Å²) in [5.41, 5.74) is 7.10. The van der Waals surface area contributed by atoms with Gasteiger partial charge in [-0.3, -0.25) is 0 Å². The van der Waals surface area contributed by atoms with E-state index in [0.717, 1.165) is 31.5 Å². The average Bonchev–Trinajstić information content (AvgIpc) is 2.47. The number of guanidine groups is 1. The molecule has 0 unspecified atom stereocenters. The summed E-state index contributed by atoms with van der Waals surface area (Å²) < 4.78 is 13.2. The van der Waals surface area contributed by atoms with Gasteiger partial charge in [0.2, 0.25) is 0 Å². The molecule has 0 atom stereocenters. The second-order valence-electron chi connectivity index (χ2n) is 4.81. The van der Waals surface area contributed by atoms with E-state index in [1.807, 2.05) is 0 Å². The van der Waals surface area contributed by atoms with Crippen LogP contribution in [0.4, 0.5) is 4.39 Å². The van der Waals surface area contributed by atoms with Crippen LogP contribution in [0.1, 0.15) is 30.4 Å². The van der Waals surface area contributed by atoms with E-state index in [0.29, 0.717) is 18.1 Å². The molecule has 20 heavy (non-hydrogen) atoms. The van der Waals surface area contributed by atoms with Crippen LogP contribution in [0.25, 0.3) is 0 Å². The largest absolute Gasteiger partial charge is 0.392 e. The number of aliphatic hydroxyl groups is 1. The smallest absolute Gasteiger partial charge is 0.191 e. The van der Waals surface area contributed by atoms with Crippen LogP contribution in [0.15, 0.2) is 23.2 Å². The maximum absolute atomic E-state index is 13.2. The highest BCUT2D eigenvalue weighted by Crippen LogP contribution is 2.12. The molecule has 1 fully saturated rings. The summed E-state index contributed by atoms with van der Waals surface area (Å²) in [5.74, 6) is 0.161. The highest BCUT2D eigenvalue weighted by molar-refractivity contribution is 14.0. The Kier molecular flexibility index (Phi) is 7.22. The highest BCUT2D eigenvalue weighted by Gasteiger charge is 2.11. The van der Waals surface area contributed by atoms with E-state index in [4.69, 9.17) is 10.8 Å². The Morgan fingerprint density at radius 1 is 1.30 bits per heavy atom. The summed E-state index contributed by atoms with van der Waals surface area (Å²) in [6.45, 7) is 2.03. The Labute approximate surface area is 135 Å². The molecule has 6 heteroatoms. The maximum Gasteiger partial charge on any atom is 0.191 e. The fraction of sp³-hybridized carbons (Fsp3) is 0.500. The first-order chi connectivity index (χ1) is 9.20. The van der Waals surface area contributed by atoms with Gasteiger partial charge in [-0.15, -0.1) is 24.0 Å². The Morgan fingerprint density at radius 3 is 2.65 bits per heavy atom. The number of rotatable bonds is 3. The summed E-state index contributed by atoms with van der Waals surface area (Å²) in [7, 11) is 0. The molecule has 0 amide bonds. The number of hydrogen-bond acceptors (Lipinski definition) is 2. The van der Waals surface area contributed by atoms with Crippen molar-refractivity contribution in [1.82, 2.24) is 4.90 Å². The normalized spacial score (nSPS) is 15.9. The van der Waals surface area contributed by atoms with Crippen LogP contribution < -0.4 is 5.73 Å². The molecule has 1 aromatic rings. The van der Waals surface area contributed by atoms with E-state index in [1.165, 1.54) is 12.5 Å². The van der Waals surface area contributed by atoms with Crippen molar-refractivity contribution < 1.29 is 9.50 Å². The lowest BCUT2D eigenvalue weighted by atomic mass is 10.1. The van der Waals surface area contributed by atoms with Gasteiger partial charge in [-0.1, -0.05) is 6.07 Å². The standard InChI is InChI=1S/C14H20FN3O.HI/c15-13-5-4-11(8-12(13)10-19)9-17-14(16)18-6-2-1-3-7-18;/h4-5,8,19H,1-3,6-7,9-10H2,(H2,16,17);1H. The molecule has 0 radical (unpaired) electrons. The number of piperidine rings is 1. The number of likely N-dealkylation sites (tertiary alicyclic amines) is 1. The zero-order chi connectivity index (χ0) is 13.7. The van der Waals surface area contributed by atoms with Crippen molar-refractivity contribution >= 4 is 29.9 Å². The molecule has 1 aliphatic heterocycles. The molecular formula is C14H21FIN3O. The Balaban J connectivity index is 0.00000200. The van der Waals surface area contributed by atoms with Crippen LogP contribution >= 0.6 is 24.0 Å². The Hall–Kier alpha value is -0.890. The molecular weight excluding hydrogens is 372 g/mol. The van der Waals surface area contributed by atoms with Crippen molar-refractivity contribution in [2.45, 2.75) is 32.4 Å². The zero-order valence-electron chi connectivity index (χ0n) is 11.4. The first-order valence-corrected chi connectivity index (χ1v) is 6.63. The fourth-order valence-electron chi connectivity index (χ4n) is 2.24. The minimum atomic E-state index is -0.390. The third-order valence-electron chi connectivity index (χ3n) is 3.38. The molecule has 1 aliphatic rings. The second-order valence-corrected chi connectivity index (χ2v) is 4.81. The van der Waals surface area contributed by atoms with Crippen molar-refractivity contribution in [1.29, 1.82) is 0 Å². The van der Waals surface area contributed by atoms with Gasteiger partial charge >= 0.3 is 0 Å². The van der Waals surface area contributed by atoms with Gasteiger partial charge in [0.1, 0.15) is 5.82 Å². The lowest BCUT2D eigenvalue weighted by Crippen LogP contribution is -2.40. The van der Waals surface area contributed by atoms with Crippen LogP contribution in [0.2, 0.25) is 0 Å². The van der Waals surface area contributed by atoms with Gasteiger partial charge in [-0.2, -0.15) is 0 Å². The summed E-state index contributed by atoms with van der Waals surface area (Å²) >= 11 is 0. The van der Waals surface area contributed by atoms with Gasteiger partial charge in [0.15, 0.2) is 5.96 Å². The molecule has 0 spiro atoms. The van der Waals surface area contributed by atoms with Gasteiger partial charge in [-0.25, -0.2) is 9.38 Å². The van der Waals surface area contributed by atoms with Crippen molar-refractivity contribution in [3.63, 3.8) is 0 Å². The number of aliphatic imine (C=N–C) groups is 1. The molecule has 0 saturated carbocycles. The zero-order valence-corrected chi connectivity index (χ0v) is 13.7. The molecule has 0 bridgehead atoms. The first-order valence-electron chi connectivity index (χ1n) is 6.63. The predicted molar refractivity (Wildman–Crippen MR) is 88.5 cm³/mol. The fourth-order valence-corrected chi connectivity index (χ4v) is 2.24. The van der Waals surface area contributed by atoms with Crippen LogP contribution in [-0.2, 0) is 13.2 Å². The minimum Gasteiger partial charge on any atom is -0.392 e. The van der Waals surface area contributed by atoms with Crippen molar-refractivity contribution in [2.75, 3.05) is 13.1 Å². The van der Waals surface area contributed by atoms with E-state index < -0.39 is 0 Å². The van der Waals surface area contributed by atoms with Crippen LogP contribution in [0.3, 0.4) is 0 Å². The van der Waals surface area contributed by atoms with E-state index >= 15 is 0 Å². The van der Waals surface area contributed by atoms with Crippen molar-refractivity contribution in [2.24, 2.45) is 10.7 Å². The molecule has 2 rings (SSSR count). The third-order valence-corrected chi connectivity index (χ3v) is 3.38. The molecule has 0 aromatic heterocycles. The number of nitrogens with two attached hydrogens (primary N) is 1. The van der Waals surface area contributed by atoms with Gasteiger partial charge in [0, 0.05) is 18.7 Å². The highest BCUT2D eigenvalue weighted by atomic mass is 127. The number of benzene rings is 1. The summed E-state index contributed by atoms with van der Waals surface area (Å²) in [5, 5.41) is 9.02. The predicted octanol–water partition coefficient (Wildman–Crippen LogP) is 2.24. The molecule has 1 aromatic carbocycles. The minimum absolute atomic E-state index is 0. The lowest BCUT2D eigenvalue weighted by Gasteiger charge is -2.27. The average molecular weight is 393 g/mol. The van der Waals surface area contributed by atoms with Crippen LogP contribution in [-0.4, -0.2) is 29.1 Å². The second kappa shape index (κ2) is 8.41. The summed E-state index contributed by atoms with van der Waals surface area (Å²) in [6.07, 6.45) is 3.56. The molecule has 3 N–H and O–H groups in total. The summed E-state index contributed by atoms with van der Waals surface area (Å²) in [4.78, 5) is 6.42. The van der Waals surface area contributed by atoms with Gasteiger partial charge in [-0.05, 0) is 37.0 Å². The van der Waals surface area contributed by atoms with Crippen LogP contribution in [0, 0.1) is 5.82 Å². The van der Waals surface area contributed by atoms with Gasteiger partial charge in [0.25, 0.3) is 0 Å². The van der Waals surface area contributed by atoms with Crippen molar-refractivity contribution in [3.05, 3.63) is 35.1 Å². The lowest BCUT2D eigenvalue weighted by molar-refractivity contribution is 0.275. The topological polar surface area (TPSA) is 61.9 Å². The first kappa shape index (κ1) is 17.2. The monoisotopic (exact) mass is 393 g/mol. The molecule has 1 heterocycles. The Morgan fingerprint density at radius 2 is 2.00 bits per heavy atom. The van der Waals surface area contributed by atoms with E-state index in [-0.39, 0.29) is 36.4 Å². The van der Waals surface area contributed by atoms with Crippen LogP contribution in [0.5, 0.6) is 0 Å². The number of nitrogens with zero attached hydrogens (tertiary/aromatic N) is 2. The molecule has 112 valence electrons. The van der Waals surface area contributed by atoms with Gasteiger partial charge in [0.05, 0.1) is 13.2 Å². The number of hydrogen-bond donors (Lipinski definition) is 2. The van der Waals surface area contributed by atoms with E-state index in [1.54, 1.807) is 12.1 Å². The Bertz CT molecular complexity index is 462. The van der Waals surface area contributed by atoms with Crippen molar-refractivity contribution in [3.8, 4) is 0 Å². The summed E-state index contributed by atoms with van der Waals surface area (Å²) in [6, 6.07) is 4.65. The third kappa shape index (κ3) is 4.59. The number of aliphatic hydroxyl groups excluding tert-OH is 1. The van der Waals surface area contributed by atoms with E-state index in [2.05, 4.69) is 9.89 Å². The molecule has 1 saturated heterocycles. The van der Waals surface area contributed by atoms with Gasteiger partial charge < -0.3 is 15.7 Å². The SMILES string of the molecule is I.NC(=NCc1ccc(F)c(CO)c1)N1CCCCC1. The quantitative estimate of drug-likeness (QED) is 0.471.